The molecule has 4 rings (SSSR count). The van der Waals surface area contributed by atoms with Crippen molar-refractivity contribution in [1.82, 2.24) is 5.32 Å². The van der Waals surface area contributed by atoms with Crippen LogP contribution < -0.4 is 10.1 Å². The van der Waals surface area contributed by atoms with Gasteiger partial charge in [-0.05, 0) is 54.5 Å². The molecule has 2 aromatic rings. The summed E-state index contributed by atoms with van der Waals surface area (Å²) < 4.78 is 5.71. The summed E-state index contributed by atoms with van der Waals surface area (Å²) in [5.41, 5.74) is 4.78. The Kier molecular flexibility index (Phi) is 3.84. The average molecular weight is 335 g/mol. The van der Waals surface area contributed by atoms with Gasteiger partial charge >= 0.3 is 0 Å². The Morgan fingerprint density at radius 1 is 1.24 bits per heavy atom. The van der Waals surface area contributed by atoms with Crippen LogP contribution in [0.3, 0.4) is 0 Å². The SMILES string of the molecule is C=C(NC1c2ccccc2OC[C@]1(C)O)c1ccc2c(c1)CCC2C. The molecule has 3 nitrogen and oxygen atoms in total. The zero-order chi connectivity index (χ0) is 17.6. The molecule has 0 fully saturated rings. The third kappa shape index (κ3) is 2.83. The fourth-order valence-electron chi connectivity index (χ4n) is 4.00. The topological polar surface area (TPSA) is 41.5 Å². The van der Waals surface area contributed by atoms with E-state index in [1.165, 1.54) is 17.5 Å². The van der Waals surface area contributed by atoms with Gasteiger partial charge in [0.2, 0.25) is 0 Å². The van der Waals surface area contributed by atoms with Crippen molar-refractivity contribution in [1.29, 1.82) is 0 Å². The van der Waals surface area contributed by atoms with Gasteiger partial charge in [0.25, 0.3) is 0 Å². The molecule has 2 N–H and O–H groups in total. The molecular formula is C22H25NO2. The van der Waals surface area contributed by atoms with Crippen LogP contribution in [0.2, 0.25) is 0 Å². The number of aryl methyl sites for hydroxylation is 1. The lowest BCUT2D eigenvalue weighted by molar-refractivity contribution is -0.0314. The summed E-state index contributed by atoms with van der Waals surface area (Å²) in [5.74, 6) is 1.47. The average Bonchev–Trinajstić information content (AvgIpc) is 2.98. The monoisotopic (exact) mass is 335 g/mol. The fraction of sp³-hybridized carbons (Fsp3) is 0.364. The second-order valence-electron chi connectivity index (χ2n) is 7.59. The fourth-order valence-corrected chi connectivity index (χ4v) is 4.00. The maximum Gasteiger partial charge on any atom is 0.124 e. The molecule has 2 aliphatic rings. The van der Waals surface area contributed by atoms with Gasteiger partial charge in [-0.2, -0.15) is 0 Å². The first kappa shape index (κ1) is 16.2. The maximum absolute atomic E-state index is 10.8. The number of ether oxygens (including phenoxy) is 1. The first-order chi connectivity index (χ1) is 12.0. The predicted molar refractivity (Wildman–Crippen MR) is 101 cm³/mol. The van der Waals surface area contributed by atoms with Crippen LogP contribution in [0.25, 0.3) is 5.70 Å². The van der Waals surface area contributed by atoms with Gasteiger partial charge in [-0.1, -0.05) is 43.8 Å². The number of aliphatic hydroxyl groups is 1. The highest BCUT2D eigenvalue weighted by Gasteiger charge is 2.39. The molecule has 130 valence electrons. The number of fused-ring (bicyclic) bond motifs is 2. The Morgan fingerprint density at radius 2 is 2.04 bits per heavy atom. The lowest BCUT2D eigenvalue weighted by atomic mass is 9.87. The van der Waals surface area contributed by atoms with E-state index >= 15 is 0 Å². The zero-order valence-corrected chi connectivity index (χ0v) is 14.9. The summed E-state index contributed by atoms with van der Waals surface area (Å²) >= 11 is 0. The first-order valence-corrected chi connectivity index (χ1v) is 8.98. The molecule has 1 heterocycles. The summed E-state index contributed by atoms with van der Waals surface area (Å²) in [6.45, 7) is 8.59. The molecule has 3 heteroatoms. The Morgan fingerprint density at radius 3 is 2.88 bits per heavy atom. The van der Waals surface area contributed by atoms with Crippen LogP contribution in [0.1, 0.15) is 54.5 Å². The van der Waals surface area contributed by atoms with E-state index in [2.05, 4.69) is 37.0 Å². The second kappa shape index (κ2) is 5.92. The maximum atomic E-state index is 10.8. The number of nitrogens with one attached hydrogen (secondary N) is 1. The molecule has 1 aliphatic heterocycles. The van der Waals surface area contributed by atoms with Crippen molar-refractivity contribution in [3.8, 4) is 5.75 Å². The van der Waals surface area contributed by atoms with E-state index in [1.807, 2.05) is 24.3 Å². The van der Waals surface area contributed by atoms with Crippen molar-refractivity contribution in [3.63, 3.8) is 0 Å². The molecule has 3 atom stereocenters. The molecule has 0 bridgehead atoms. The van der Waals surface area contributed by atoms with Crippen LogP contribution >= 0.6 is 0 Å². The minimum atomic E-state index is -0.997. The predicted octanol–water partition coefficient (Wildman–Crippen LogP) is 4.18. The quantitative estimate of drug-likeness (QED) is 0.884. The van der Waals surface area contributed by atoms with Crippen LogP contribution in [0, 0.1) is 0 Å². The normalized spacial score (nSPS) is 27.2. The number of benzene rings is 2. The van der Waals surface area contributed by atoms with E-state index in [9.17, 15) is 5.11 Å². The van der Waals surface area contributed by atoms with Crippen LogP contribution in [0.15, 0.2) is 49.0 Å². The van der Waals surface area contributed by atoms with E-state index in [4.69, 9.17) is 4.74 Å². The van der Waals surface area contributed by atoms with Crippen LogP contribution in [0.4, 0.5) is 0 Å². The molecule has 0 spiro atoms. The lowest BCUT2D eigenvalue weighted by Gasteiger charge is -2.39. The molecule has 0 saturated carbocycles. The second-order valence-corrected chi connectivity index (χ2v) is 7.59. The Balaban J connectivity index is 1.62. The van der Waals surface area contributed by atoms with E-state index in [1.54, 1.807) is 6.92 Å². The van der Waals surface area contributed by atoms with Crippen molar-refractivity contribution in [3.05, 3.63) is 71.3 Å². The van der Waals surface area contributed by atoms with E-state index in [0.717, 1.165) is 29.0 Å². The Bertz CT molecular complexity index is 825. The molecule has 2 aromatic carbocycles. The smallest absolute Gasteiger partial charge is 0.124 e. The highest BCUT2D eigenvalue weighted by atomic mass is 16.5. The van der Waals surface area contributed by atoms with Gasteiger partial charge in [0.05, 0.1) is 6.04 Å². The minimum absolute atomic E-state index is 0.253. The molecule has 0 radical (unpaired) electrons. The first-order valence-electron chi connectivity index (χ1n) is 8.98. The summed E-state index contributed by atoms with van der Waals surface area (Å²) in [6, 6.07) is 14.2. The van der Waals surface area contributed by atoms with Gasteiger partial charge < -0.3 is 15.2 Å². The van der Waals surface area contributed by atoms with Gasteiger partial charge in [0.15, 0.2) is 0 Å². The van der Waals surface area contributed by atoms with Crippen LogP contribution in [-0.4, -0.2) is 17.3 Å². The zero-order valence-electron chi connectivity index (χ0n) is 14.9. The lowest BCUT2D eigenvalue weighted by Crippen LogP contribution is -2.48. The molecule has 0 aromatic heterocycles. The molecule has 2 unspecified atom stereocenters. The third-order valence-electron chi connectivity index (χ3n) is 5.56. The summed E-state index contributed by atoms with van der Waals surface area (Å²) in [6.07, 6.45) is 2.36. The highest BCUT2D eigenvalue weighted by Crippen LogP contribution is 2.39. The van der Waals surface area contributed by atoms with Gasteiger partial charge in [0, 0.05) is 11.3 Å². The summed E-state index contributed by atoms with van der Waals surface area (Å²) in [5, 5.41) is 14.3. The van der Waals surface area contributed by atoms with Crippen LogP contribution in [-0.2, 0) is 6.42 Å². The molecule has 1 aliphatic carbocycles. The third-order valence-corrected chi connectivity index (χ3v) is 5.56. The van der Waals surface area contributed by atoms with E-state index < -0.39 is 5.60 Å². The standard InChI is InChI=1S/C22H25NO2/c1-14-8-9-17-12-16(10-11-18(14)17)15(2)23-21-19-6-4-5-7-20(19)25-13-22(21,3)24/h4-7,10-12,14,21,23-24H,2,8-9,13H2,1,3H3/t14?,21?,22-/m0/s1. The van der Waals surface area contributed by atoms with E-state index in [0.29, 0.717) is 5.92 Å². The summed E-state index contributed by atoms with van der Waals surface area (Å²) in [7, 11) is 0. The number of hydrogen-bond donors (Lipinski definition) is 2. The van der Waals surface area contributed by atoms with Gasteiger partial charge in [-0.25, -0.2) is 0 Å². The van der Waals surface area contributed by atoms with Crippen molar-refractivity contribution in [2.24, 2.45) is 0 Å². The highest BCUT2D eigenvalue weighted by molar-refractivity contribution is 5.64. The Hall–Kier alpha value is -2.26. The molecular weight excluding hydrogens is 310 g/mol. The number of para-hydroxylation sites is 1. The van der Waals surface area contributed by atoms with Gasteiger partial charge in [0.1, 0.15) is 18.0 Å². The van der Waals surface area contributed by atoms with E-state index in [-0.39, 0.29) is 12.6 Å². The van der Waals surface area contributed by atoms with Crippen molar-refractivity contribution in [2.75, 3.05) is 6.61 Å². The minimum Gasteiger partial charge on any atom is -0.490 e. The van der Waals surface area contributed by atoms with Crippen LogP contribution in [0.5, 0.6) is 5.75 Å². The summed E-state index contributed by atoms with van der Waals surface area (Å²) in [4.78, 5) is 0. The van der Waals surface area contributed by atoms with Gasteiger partial charge in [-0.3, -0.25) is 0 Å². The van der Waals surface area contributed by atoms with Crippen molar-refractivity contribution in [2.45, 2.75) is 44.2 Å². The molecule has 0 amide bonds. The molecule has 0 saturated heterocycles. The van der Waals surface area contributed by atoms with Crippen molar-refractivity contribution >= 4 is 5.70 Å². The Labute approximate surface area is 149 Å². The van der Waals surface area contributed by atoms with Gasteiger partial charge in [-0.15, -0.1) is 0 Å². The molecule has 25 heavy (non-hydrogen) atoms. The number of rotatable bonds is 3. The number of hydrogen-bond acceptors (Lipinski definition) is 3. The largest absolute Gasteiger partial charge is 0.490 e. The van der Waals surface area contributed by atoms with Crippen molar-refractivity contribution < 1.29 is 9.84 Å².